The highest BCUT2D eigenvalue weighted by molar-refractivity contribution is 5.92. The second kappa shape index (κ2) is 7.82. The molecule has 0 aliphatic carbocycles. The van der Waals surface area contributed by atoms with Gasteiger partial charge in [0.2, 0.25) is 5.91 Å². The lowest BCUT2D eigenvalue weighted by Gasteiger charge is -2.33. The largest absolute Gasteiger partial charge is 0.385 e. The second-order valence-electron chi connectivity index (χ2n) is 7.32. The van der Waals surface area contributed by atoms with Crippen LogP contribution in [0.3, 0.4) is 0 Å². The smallest absolute Gasteiger partial charge is 0.238 e. The number of hydrogen-bond acceptors (Lipinski definition) is 6. The van der Waals surface area contributed by atoms with Crippen molar-refractivity contribution in [3.8, 4) is 0 Å². The van der Waals surface area contributed by atoms with Crippen molar-refractivity contribution in [2.45, 2.75) is 25.4 Å². The van der Waals surface area contributed by atoms with Crippen molar-refractivity contribution in [2.75, 3.05) is 57.8 Å². The summed E-state index contributed by atoms with van der Waals surface area (Å²) in [4.78, 5) is 16.6. The molecule has 0 aromatic carbocycles. The molecule has 0 radical (unpaired) electrons. The van der Waals surface area contributed by atoms with Gasteiger partial charge in [-0.05, 0) is 32.9 Å². The molecule has 2 saturated heterocycles. The summed E-state index contributed by atoms with van der Waals surface area (Å²) in [6.07, 6.45) is 4.17. The molecule has 3 heterocycles. The van der Waals surface area contributed by atoms with Crippen LogP contribution in [0.4, 0.5) is 5.69 Å². The van der Waals surface area contributed by atoms with Crippen molar-refractivity contribution < 1.29 is 14.6 Å². The number of nitrogens with one attached hydrogen (secondary N) is 1. The lowest BCUT2D eigenvalue weighted by atomic mass is 10.0. The Kier molecular flexibility index (Phi) is 5.73. The van der Waals surface area contributed by atoms with E-state index in [4.69, 9.17) is 4.74 Å². The molecule has 8 nitrogen and oxygen atoms in total. The molecule has 2 aliphatic rings. The quantitative estimate of drug-likeness (QED) is 0.766. The standard InChI is InChI=1S/C17H29N5O3/c1-14-15(9-20(2)19-14)18-16(23)10-22-7-8-25-13-17(24,12-22)11-21-5-3-4-6-21/h9,24H,3-8,10-13H2,1-2H3,(H,18,23). The number of ether oxygens (including phenoxy) is 1. The van der Waals surface area contributed by atoms with Gasteiger partial charge < -0.3 is 20.1 Å². The first-order chi connectivity index (χ1) is 11.9. The second-order valence-corrected chi connectivity index (χ2v) is 7.32. The van der Waals surface area contributed by atoms with Crippen LogP contribution in [0.15, 0.2) is 6.20 Å². The normalized spacial score (nSPS) is 25.9. The molecule has 1 amide bonds. The summed E-state index contributed by atoms with van der Waals surface area (Å²) in [5, 5.41) is 18.1. The monoisotopic (exact) mass is 351 g/mol. The summed E-state index contributed by atoms with van der Waals surface area (Å²) < 4.78 is 7.29. The number of carbonyl (C=O) groups is 1. The Morgan fingerprint density at radius 3 is 2.80 bits per heavy atom. The highest BCUT2D eigenvalue weighted by Gasteiger charge is 2.35. The van der Waals surface area contributed by atoms with Gasteiger partial charge in [0, 0.05) is 32.9 Å². The van der Waals surface area contributed by atoms with E-state index in [-0.39, 0.29) is 12.5 Å². The van der Waals surface area contributed by atoms with Crippen LogP contribution in [0.1, 0.15) is 18.5 Å². The number of anilines is 1. The molecule has 8 heteroatoms. The Bertz CT molecular complexity index is 599. The molecule has 1 atom stereocenters. The lowest BCUT2D eigenvalue weighted by molar-refractivity contribution is -0.118. The topological polar surface area (TPSA) is 82.9 Å². The molecule has 0 saturated carbocycles. The molecule has 1 unspecified atom stereocenters. The number of likely N-dealkylation sites (tertiary alicyclic amines) is 1. The van der Waals surface area contributed by atoms with E-state index in [1.165, 1.54) is 12.8 Å². The zero-order valence-corrected chi connectivity index (χ0v) is 15.2. The number of β-amino-alcohol motifs (C(OH)–C–C–N with tert-alkyl or cyclic N) is 1. The third-order valence-corrected chi connectivity index (χ3v) is 4.81. The van der Waals surface area contributed by atoms with E-state index in [1.807, 2.05) is 18.9 Å². The van der Waals surface area contributed by atoms with Gasteiger partial charge in [-0.1, -0.05) is 0 Å². The van der Waals surface area contributed by atoms with Crippen molar-refractivity contribution in [1.82, 2.24) is 19.6 Å². The van der Waals surface area contributed by atoms with Crippen LogP contribution in [0, 0.1) is 6.92 Å². The van der Waals surface area contributed by atoms with Gasteiger partial charge in [-0.25, -0.2) is 0 Å². The number of amides is 1. The Morgan fingerprint density at radius 2 is 2.12 bits per heavy atom. The maximum Gasteiger partial charge on any atom is 0.238 e. The number of aliphatic hydroxyl groups is 1. The van der Waals surface area contributed by atoms with Crippen LogP contribution in [-0.4, -0.2) is 88.7 Å². The molecule has 140 valence electrons. The highest BCUT2D eigenvalue weighted by atomic mass is 16.5. The van der Waals surface area contributed by atoms with Gasteiger partial charge in [-0.2, -0.15) is 5.10 Å². The maximum absolute atomic E-state index is 12.4. The molecular formula is C17H29N5O3. The molecule has 2 aliphatic heterocycles. The Hall–Kier alpha value is -1.48. The maximum atomic E-state index is 12.4. The van der Waals surface area contributed by atoms with Gasteiger partial charge in [0.1, 0.15) is 5.60 Å². The predicted octanol–water partition coefficient (Wildman–Crippen LogP) is -0.174. The molecule has 0 bridgehead atoms. The van der Waals surface area contributed by atoms with Gasteiger partial charge >= 0.3 is 0 Å². The average Bonchev–Trinajstić information content (AvgIpc) is 3.08. The number of aromatic nitrogens is 2. The van der Waals surface area contributed by atoms with Crippen molar-refractivity contribution in [1.29, 1.82) is 0 Å². The molecule has 1 aromatic rings. The van der Waals surface area contributed by atoms with Crippen molar-refractivity contribution in [3.63, 3.8) is 0 Å². The zero-order valence-electron chi connectivity index (χ0n) is 15.2. The number of rotatable bonds is 5. The van der Waals surface area contributed by atoms with Gasteiger partial charge in [0.25, 0.3) is 0 Å². The van der Waals surface area contributed by atoms with Crippen molar-refractivity contribution >= 4 is 11.6 Å². The highest BCUT2D eigenvalue weighted by Crippen LogP contribution is 2.18. The molecule has 2 N–H and O–H groups in total. The van der Waals surface area contributed by atoms with E-state index in [0.717, 1.165) is 24.5 Å². The number of hydrogen-bond donors (Lipinski definition) is 2. The van der Waals surface area contributed by atoms with Crippen LogP contribution in [-0.2, 0) is 16.6 Å². The Labute approximate surface area is 148 Å². The van der Waals surface area contributed by atoms with Gasteiger partial charge in [-0.15, -0.1) is 0 Å². The third-order valence-electron chi connectivity index (χ3n) is 4.81. The summed E-state index contributed by atoms with van der Waals surface area (Å²) in [6.45, 7) is 6.71. The fourth-order valence-corrected chi connectivity index (χ4v) is 3.70. The van der Waals surface area contributed by atoms with Gasteiger partial charge in [-0.3, -0.25) is 14.4 Å². The van der Waals surface area contributed by atoms with E-state index >= 15 is 0 Å². The molecule has 1 aromatic heterocycles. The number of carbonyl (C=O) groups excluding carboxylic acids is 1. The molecule has 2 fully saturated rings. The molecule has 3 rings (SSSR count). The molecular weight excluding hydrogens is 322 g/mol. The van der Waals surface area contributed by atoms with Crippen LogP contribution in [0.2, 0.25) is 0 Å². The zero-order chi connectivity index (χ0) is 17.9. The van der Waals surface area contributed by atoms with Crippen LogP contribution >= 0.6 is 0 Å². The summed E-state index contributed by atoms with van der Waals surface area (Å²) in [5.74, 6) is -0.0958. The summed E-state index contributed by atoms with van der Waals surface area (Å²) >= 11 is 0. The number of aryl methyl sites for hydroxylation is 2. The fourth-order valence-electron chi connectivity index (χ4n) is 3.70. The van der Waals surface area contributed by atoms with E-state index in [9.17, 15) is 9.90 Å². The van der Waals surface area contributed by atoms with Crippen molar-refractivity contribution in [3.05, 3.63) is 11.9 Å². The first kappa shape index (κ1) is 18.3. The Morgan fingerprint density at radius 1 is 1.36 bits per heavy atom. The van der Waals surface area contributed by atoms with Crippen LogP contribution < -0.4 is 5.32 Å². The molecule has 0 spiro atoms. The van der Waals surface area contributed by atoms with E-state index in [0.29, 0.717) is 32.8 Å². The minimum Gasteiger partial charge on any atom is -0.385 e. The van der Waals surface area contributed by atoms with Gasteiger partial charge in [0.15, 0.2) is 0 Å². The van der Waals surface area contributed by atoms with Gasteiger partial charge in [0.05, 0.1) is 31.1 Å². The lowest BCUT2D eigenvalue weighted by Crippen LogP contribution is -2.52. The third kappa shape index (κ3) is 5.01. The summed E-state index contributed by atoms with van der Waals surface area (Å²) in [6, 6.07) is 0. The fraction of sp³-hybridized carbons (Fsp3) is 0.765. The van der Waals surface area contributed by atoms with E-state index in [1.54, 1.807) is 10.9 Å². The first-order valence-electron chi connectivity index (χ1n) is 8.98. The average molecular weight is 351 g/mol. The minimum atomic E-state index is -0.925. The molecule has 25 heavy (non-hydrogen) atoms. The number of nitrogens with zero attached hydrogens (tertiary/aromatic N) is 4. The first-order valence-corrected chi connectivity index (χ1v) is 8.98. The Balaban J connectivity index is 1.56. The summed E-state index contributed by atoms with van der Waals surface area (Å²) in [5.41, 5.74) is 0.595. The summed E-state index contributed by atoms with van der Waals surface area (Å²) in [7, 11) is 1.83. The van der Waals surface area contributed by atoms with E-state index < -0.39 is 5.60 Å². The SMILES string of the molecule is Cc1nn(C)cc1NC(=O)CN1CCOCC(O)(CN2CCCC2)C1. The predicted molar refractivity (Wildman–Crippen MR) is 94.5 cm³/mol. The van der Waals surface area contributed by atoms with Crippen molar-refractivity contribution in [2.24, 2.45) is 7.05 Å². The van der Waals surface area contributed by atoms with Crippen LogP contribution in [0.25, 0.3) is 0 Å². The van der Waals surface area contributed by atoms with Crippen LogP contribution in [0.5, 0.6) is 0 Å². The minimum absolute atomic E-state index is 0.0958. The van der Waals surface area contributed by atoms with E-state index in [2.05, 4.69) is 15.3 Å².